The van der Waals surface area contributed by atoms with Crippen LogP contribution >= 0.6 is 0 Å². The van der Waals surface area contributed by atoms with E-state index in [0.717, 1.165) is 19.6 Å². The lowest BCUT2D eigenvalue weighted by Gasteiger charge is -2.41. The summed E-state index contributed by atoms with van der Waals surface area (Å²) in [6, 6.07) is 0. The maximum Gasteiger partial charge on any atom is 0.224 e. The number of likely N-dealkylation sites (tertiary alicyclic amines) is 1. The van der Waals surface area contributed by atoms with Gasteiger partial charge in [0, 0.05) is 25.0 Å². The third-order valence-corrected chi connectivity index (χ3v) is 3.97. The van der Waals surface area contributed by atoms with E-state index >= 15 is 0 Å². The zero-order chi connectivity index (χ0) is 13.9. The number of carbonyl (C=O) groups is 1. The van der Waals surface area contributed by atoms with Crippen molar-refractivity contribution in [2.24, 2.45) is 11.8 Å². The molecule has 0 aliphatic carbocycles. The summed E-state index contributed by atoms with van der Waals surface area (Å²) < 4.78 is 0. The number of amides is 1. The molecule has 0 spiro atoms. The van der Waals surface area contributed by atoms with E-state index in [1.54, 1.807) is 0 Å². The maximum absolute atomic E-state index is 11.9. The second-order valence-electron chi connectivity index (χ2n) is 6.97. The number of piperidine rings is 1. The smallest absolute Gasteiger partial charge is 0.224 e. The summed E-state index contributed by atoms with van der Waals surface area (Å²) >= 11 is 0. The molecule has 0 unspecified atom stereocenters. The molecule has 1 rings (SSSR count). The van der Waals surface area contributed by atoms with Crippen molar-refractivity contribution >= 4 is 5.91 Å². The fourth-order valence-corrected chi connectivity index (χ4v) is 2.70. The van der Waals surface area contributed by atoms with Gasteiger partial charge in [-0.25, -0.2) is 0 Å². The molecule has 0 aromatic heterocycles. The molecule has 0 N–H and O–H groups in total. The molecule has 1 saturated heterocycles. The van der Waals surface area contributed by atoms with E-state index < -0.39 is 0 Å². The summed E-state index contributed by atoms with van der Waals surface area (Å²) in [5, 5.41) is 0. The average molecular weight is 254 g/mol. The summed E-state index contributed by atoms with van der Waals surface area (Å²) in [4.78, 5) is 16.3. The summed E-state index contributed by atoms with van der Waals surface area (Å²) in [7, 11) is 1.94. The Morgan fingerprint density at radius 2 is 1.78 bits per heavy atom. The fourth-order valence-electron chi connectivity index (χ4n) is 2.70. The molecular weight excluding hydrogens is 224 g/mol. The Morgan fingerprint density at radius 3 is 2.17 bits per heavy atom. The summed E-state index contributed by atoms with van der Waals surface area (Å²) in [6.45, 7) is 14.0. The lowest BCUT2D eigenvalue weighted by molar-refractivity contribution is -0.133. The monoisotopic (exact) mass is 254 g/mol. The standard InChI is InChI=1S/C15H30N2O/c1-12(2)14(18)16(6)11-13-7-9-17(10-8-13)15(3,4)5/h12-13H,7-11H2,1-6H3. The number of carbonyl (C=O) groups excluding carboxylic acids is 1. The molecular formula is C15H30N2O. The van der Waals surface area contributed by atoms with E-state index in [9.17, 15) is 4.79 Å². The van der Waals surface area contributed by atoms with E-state index in [4.69, 9.17) is 0 Å². The Kier molecular flexibility index (Phi) is 5.20. The fraction of sp³-hybridized carbons (Fsp3) is 0.933. The van der Waals surface area contributed by atoms with Crippen LogP contribution in [0.15, 0.2) is 0 Å². The first kappa shape index (κ1) is 15.5. The molecule has 0 radical (unpaired) electrons. The van der Waals surface area contributed by atoms with Crippen molar-refractivity contribution < 1.29 is 4.79 Å². The van der Waals surface area contributed by atoms with E-state index in [-0.39, 0.29) is 17.4 Å². The molecule has 18 heavy (non-hydrogen) atoms. The van der Waals surface area contributed by atoms with Gasteiger partial charge in [0.1, 0.15) is 0 Å². The van der Waals surface area contributed by atoms with Crippen LogP contribution in [0.2, 0.25) is 0 Å². The van der Waals surface area contributed by atoms with Crippen molar-refractivity contribution in [1.29, 1.82) is 0 Å². The third kappa shape index (κ3) is 4.27. The highest BCUT2D eigenvalue weighted by molar-refractivity contribution is 5.77. The van der Waals surface area contributed by atoms with Gasteiger partial charge < -0.3 is 4.90 Å². The largest absolute Gasteiger partial charge is 0.345 e. The summed E-state index contributed by atoms with van der Waals surface area (Å²) in [5.74, 6) is 1.06. The molecule has 0 atom stereocenters. The molecule has 0 bridgehead atoms. The summed E-state index contributed by atoms with van der Waals surface area (Å²) in [5.41, 5.74) is 0.282. The second kappa shape index (κ2) is 6.05. The van der Waals surface area contributed by atoms with Gasteiger partial charge in [0.25, 0.3) is 0 Å². The zero-order valence-corrected chi connectivity index (χ0v) is 13.0. The highest BCUT2D eigenvalue weighted by atomic mass is 16.2. The number of hydrogen-bond donors (Lipinski definition) is 0. The molecule has 106 valence electrons. The zero-order valence-electron chi connectivity index (χ0n) is 13.0. The third-order valence-electron chi connectivity index (χ3n) is 3.97. The van der Waals surface area contributed by atoms with Crippen LogP contribution in [0.5, 0.6) is 0 Å². The molecule has 3 nitrogen and oxygen atoms in total. The first-order chi connectivity index (χ1) is 8.21. The normalized spacial score (nSPS) is 19.3. The highest BCUT2D eigenvalue weighted by Gasteiger charge is 2.28. The molecule has 1 fully saturated rings. The lowest BCUT2D eigenvalue weighted by atomic mass is 9.92. The van der Waals surface area contributed by atoms with Crippen LogP contribution in [0, 0.1) is 11.8 Å². The van der Waals surface area contributed by atoms with Crippen LogP contribution in [-0.2, 0) is 4.79 Å². The van der Waals surface area contributed by atoms with Gasteiger partial charge >= 0.3 is 0 Å². The van der Waals surface area contributed by atoms with Crippen LogP contribution in [-0.4, -0.2) is 47.9 Å². The van der Waals surface area contributed by atoms with Gasteiger partial charge in [0.05, 0.1) is 0 Å². The topological polar surface area (TPSA) is 23.6 Å². The number of rotatable bonds is 3. The molecule has 0 aromatic rings. The molecule has 1 aliphatic rings. The SMILES string of the molecule is CC(C)C(=O)N(C)CC1CCN(C(C)(C)C)CC1. The molecule has 1 heterocycles. The molecule has 1 aliphatic heterocycles. The van der Waals surface area contributed by atoms with Gasteiger partial charge in [-0.3, -0.25) is 9.69 Å². The van der Waals surface area contributed by atoms with Crippen molar-refractivity contribution in [2.75, 3.05) is 26.7 Å². The first-order valence-corrected chi connectivity index (χ1v) is 7.22. The van der Waals surface area contributed by atoms with Crippen molar-refractivity contribution in [3.8, 4) is 0 Å². The Labute approximate surface area is 113 Å². The second-order valence-corrected chi connectivity index (χ2v) is 6.97. The number of hydrogen-bond acceptors (Lipinski definition) is 2. The Bertz CT molecular complexity index is 273. The lowest BCUT2D eigenvalue weighted by Crippen LogP contribution is -2.47. The molecule has 0 aromatic carbocycles. The van der Waals surface area contributed by atoms with Crippen LogP contribution in [0.25, 0.3) is 0 Å². The minimum atomic E-state index is 0.115. The van der Waals surface area contributed by atoms with Crippen molar-refractivity contribution in [1.82, 2.24) is 9.80 Å². The van der Waals surface area contributed by atoms with Crippen molar-refractivity contribution in [2.45, 2.75) is 53.0 Å². The van der Waals surface area contributed by atoms with Crippen LogP contribution in [0.3, 0.4) is 0 Å². The van der Waals surface area contributed by atoms with E-state index in [2.05, 4.69) is 25.7 Å². The van der Waals surface area contributed by atoms with Crippen LogP contribution in [0.1, 0.15) is 47.5 Å². The van der Waals surface area contributed by atoms with Gasteiger partial charge in [0.2, 0.25) is 5.91 Å². The van der Waals surface area contributed by atoms with Gasteiger partial charge in [-0.15, -0.1) is 0 Å². The first-order valence-electron chi connectivity index (χ1n) is 7.22. The van der Waals surface area contributed by atoms with Gasteiger partial charge in [0.15, 0.2) is 0 Å². The van der Waals surface area contributed by atoms with Crippen molar-refractivity contribution in [3.05, 3.63) is 0 Å². The van der Waals surface area contributed by atoms with Gasteiger partial charge in [-0.2, -0.15) is 0 Å². The summed E-state index contributed by atoms with van der Waals surface area (Å²) in [6.07, 6.45) is 2.43. The van der Waals surface area contributed by atoms with Crippen LogP contribution < -0.4 is 0 Å². The number of nitrogens with zero attached hydrogens (tertiary/aromatic N) is 2. The Morgan fingerprint density at radius 1 is 1.28 bits per heavy atom. The van der Waals surface area contributed by atoms with E-state index in [1.807, 2.05) is 25.8 Å². The molecule has 3 heteroatoms. The van der Waals surface area contributed by atoms with E-state index in [1.165, 1.54) is 12.8 Å². The van der Waals surface area contributed by atoms with E-state index in [0.29, 0.717) is 5.92 Å². The van der Waals surface area contributed by atoms with Crippen LogP contribution in [0.4, 0.5) is 0 Å². The predicted molar refractivity (Wildman–Crippen MR) is 76.5 cm³/mol. The molecule has 0 saturated carbocycles. The quantitative estimate of drug-likeness (QED) is 0.773. The van der Waals surface area contributed by atoms with Gasteiger partial charge in [-0.1, -0.05) is 13.8 Å². The van der Waals surface area contributed by atoms with Crippen molar-refractivity contribution in [3.63, 3.8) is 0 Å². The highest BCUT2D eigenvalue weighted by Crippen LogP contribution is 2.24. The Balaban J connectivity index is 2.38. The molecule has 1 amide bonds. The van der Waals surface area contributed by atoms with Gasteiger partial charge in [-0.05, 0) is 52.6 Å². The maximum atomic E-state index is 11.9. The minimum absolute atomic E-state index is 0.115. The Hall–Kier alpha value is -0.570. The minimum Gasteiger partial charge on any atom is -0.345 e. The average Bonchev–Trinajstić information content (AvgIpc) is 2.27. The predicted octanol–water partition coefficient (Wildman–Crippen LogP) is 2.61.